The van der Waals surface area contributed by atoms with Gasteiger partial charge in [-0.2, -0.15) is 0 Å². The van der Waals surface area contributed by atoms with Gasteiger partial charge in [-0.15, -0.1) is 0 Å². The summed E-state index contributed by atoms with van der Waals surface area (Å²) in [6.45, 7) is 0. The predicted molar refractivity (Wildman–Crippen MR) is 86.1 cm³/mol. The van der Waals surface area contributed by atoms with Crippen LogP contribution in [0.25, 0.3) is 33.3 Å². The summed E-state index contributed by atoms with van der Waals surface area (Å²) < 4.78 is 5.68. The van der Waals surface area contributed by atoms with Crippen LogP contribution in [0.5, 0.6) is 0 Å². The van der Waals surface area contributed by atoms with Gasteiger partial charge in [-0.05, 0) is 18.2 Å². The van der Waals surface area contributed by atoms with Gasteiger partial charge >= 0.3 is 0 Å². The first kappa shape index (κ1) is 13.7. The van der Waals surface area contributed by atoms with E-state index < -0.39 is 10.4 Å². The van der Waals surface area contributed by atoms with Gasteiger partial charge in [-0.1, -0.05) is 29.8 Å². The molecule has 0 saturated carbocycles. The number of rotatable bonds is 1. The molecular formula is C16H7ClN2O4. The lowest BCUT2D eigenvalue weighted by Crippen LogP contribution is -2.08. The third kappa shape index (κ3) is 1.89. The first-order valence-electron chi connectivity index (χ1n) is 6.66. The number of para-hydroxylation sites is 2. The van der Waals surface area contributed by atoms with Gasteiger partial charge in [0.15, 0.2) is 11.3 Å². The van der Waals surface area contributed by atoms with Crippen molar-refractivity contribution in [1.29, 1.82) is 0 Å². The van der Waals surface area contributed by atoms with E-state index in [9.17, 15) is 14.9 Å². The molecule has 0 fully saturated rings. The van der Waals surface area contributed by atoms with E-state index in [1.54, 1.807) is 24.3 Å². The Morgan fingerprint density at radius 1 is 1.13 bits per heavy atom. The number of benzene rings is 3. The first-order chi connectivity index (χ1) is 11.1. The molecule has 112 valence electrons. The van der Waals surface area contributed by atoms with Gasteiger partial charge in [0, 0.05) is 11.5 Å². The molecule has 2 aromatic rings. The molecule has 0 radical (unpaired) electrons. The predicted octanol–water partition coefficient (Wildman–Crippen LogP) is 4.01. The van der Waals surface area contributed by atoms with Gasteiger partial charge in [0.1, 0.15) is 16.2 Å². The summed E-state index contributed by atoms with van der Waals surface area (Å²) in [5.74, 6) is 0.0529. The molecule has 0 bridgehead atoms. The Morgan fingerprint density at radius 3 is 2.70 bits per heavy atom. The van der Waals surface area contributed by atoms with Crippen molar-refractivity contribution in [3.63, 3.8) is 0 Å². The number of nitro benzene ring substituents is 1. The quantitative estimate of drug-likeness (QED) is 0.228. The molecule has 0 unspecified atom stereocenters. The minimum absolute atomic E-state index is 0.0529. The van der Waals surface area contributed by atoms with E-state index in [1.165, 1.54) is 18.2 Å². The number of non-ortho nitro benzene ring substituents is 1. The van der Waals surface area contributed by atoms with Crippen molar-refractivity contribution in [3.8, 4) is 11.5 Å². The van der Waals surface area contributed by atoms with E-state index in [0.29, 0.717) is 11.1 Å². The SMILES string of the molecule is O=c1c(Cl)c2oc3ccccc3nc-2c2c([N+](=O)[O-])cccc12. The van der Waals surface area contributed by atoms with E-state index >= 15 is 0 Å². The van der Waals surface area contributed by atoms with Crippen molar-refractivity contribution >= 4 is 39.2 Å². The van der Waals surface area contributed by atoms with Gasteiger partial charge < -0.3 is 4.42 Å². The van der Waals surface area contributed by atoms with Crippen molar-refractivity contribution in [1.82, 2.24) is 4.98 Å². The summed E-state index contributed by atoms with van der Waals surface area (Å²) in [4.78, 5) is 27.6. The highest BCUT2D eigenvalue weighted by Gasteiger charge is 2.26. The van der Waals surface area contributed by atoms with Crippen LogP contribution < -0.4 is 5.43 Å². The summed E-state index contributed by atoms with van der Waals surface area (Å²) in [5, 5.41) is 11.5. The second kappa shape index (κ2) is 4.76. The monoisotopic (exact) mass is 326 g/mol. The molecular weight excluding hydrogens is 320 g/mol. The zero-order chi connectivity index (χ0) is 16.1. The van der Waals surface area contributed by atoms with Gasteiger partial charge in [0.2, 0.25) is 5.43 Å². The molecule has 23 heavy (non-hydrogen) atoms. The largest absolute Gasteiger partial charge is 0.451 e. The van der Waals surface area contributed by atoms with Gasteiger partial charge in [-0.3, -0.25) is 14.9 Å². The van der Waals surface area contributed by atoms with E-state index in [4.69, 9.17) is 16.0 Å². The number of fused-ring (bicyclic) bond motifs is 4. The smallest absolute Gasteiger partial charge is 0.279 e. The highest BCUT2D eigenvalue weighted by Crippen LogP contribution is 2.38. The minimum atomic E-state index is -0.550. The molecule has 0 spiro atoms. The third-order valence-electron chi connectivity index (χ3n) is 3.64. The average Bonchev–Trinajstić information content (AvgIpc) is 2.57. The lowest BCUT2D eigenvalue weighted by molar-refractivity contribution is -0.383. The maximum atomic E-state index is 12.4. The zero-order valence-electron chi connectivity index (χ0n) is 11.4. The summed E-state index contributed by atoms with van der Waals surface area (Å²) in [6.07, 6.45) is 0. The topological polar surface area (TPSA) is 86.2 Å². The standard InChI is InChI=1S/C16H7ClN2O4/c17-13-15(20)8-4-3-6-10(19(21)22)12(8)14-16(13)23-11-7-2-1-5-9(11)18-14/h1-7H. The van der Waals surface area contributed by atoms with Crippen LogP contribution in [-0.4, -0.2) is 9.91 Å². The maximum Gasteiger partial charge on any atom is 0.279 e. The molecule has 7 heteroatoms. The maximum absolute atomic E-state index is 12.4. The summed E-state index contributed by atoms with van der Waals surface area (Å²) in [6, 6.07) is 11.2. The molecule has 0 atom stereocenters. The molecule has 0 aromatic heterocycles. The summed E-state index contributed by atoms with van der Waals surface area (Å²) >= 11 is 6.12. The van der Waals surface area contributed by atoms with Crippen LogP contribution >= 0.6 is 11.6 Å². The lowest BCUT2D eigenvalue weighted by Gasteiger charge is -2.11. The van der Waals surface area contributed by atoms with Crippen LogP contribution in [0.4, 0.5) is 5.69 Å². The number of hydrogen-bond donors (Lipinski definition) is 0. The number of nitro groups is 1. The van der Waals surface area contributed by atoms with Crippen molar-refractivity contribution in [2.24, 2.45) is 0 Å². The molecule has 6 nitrogen and oxygen atoms in total. The van der Waals surface area contributed by atoms with Gasteiger partial charge in [-0.25, -0.2) is 4.98 Å². The van der Waals surface area contributed by atoms with Crippen LogP contribution in [-0.2, 0) is 0 Å². The Labute approximate surface area is 133 Å². The Kier molecular flexibility index (Phi) is 2.82. The van der Waals surface area contributed by atoms with Crippen LogP contribution in [0.3, 0.4) is 0 Å². The second-order valence-electron chi connectivity index (χ2n) is 4.96. The Morgan fingerprint density at radius 2 is 1.91 bits per heavy atom. The highest BCUT2D eigenvalue weighted by atomic mass is 35.5. The normalized spacial score (nSPS) is 11.3. The Hall–Kier alpha value is -2.99. The fourth-order valence-corrected chi connectivity index (χ4v) is 2.87. The summed E-state index contributed by atoms with van der Waals surface area (Å²) in [7, 11) is 0. The van der Waals surface area contributed by atoms with Crippen molar-refractivity contribution < 1.29 is 9.34 Å². The fourth-order valence-electron chi connectivity index (χ4n) is 2.64. The van der Waals surface area contributed by atoms with Crippen molar-refractivity contribution in [2.75, 3.05) is 0 Å². The molecule has 0 N–H and O–H groups in total. The van der Waals surface area contributed by atoms with E-state index in [-0.39, 0.29) is 32.9 Å². The molecule has 0 amide bonds. The molecule has 1 aliphatic carbocycles. The summed E-state index contributed by atoms with van der Waals surface area (Å²) in [5.41, 5.74) is 0.446. The average molecular weight is 327 g/mol. The van der Waals surface area contributed by atoms with Gasteiger partial charge in [0.05, 0.1) is 10.3 Å². The molecule has 2 aromatic carbocycles. The number of nitrogens with zero attached hydrogens (tertiary/aromatic N) is 2. The fraction of sp³-hybridized carbons (Fsp3) is 0. The van der Waals surface area contributed by atoms with Crippen molar-refractivity contribution in [2.45, 2.75) is 0 Å². The molecule has 1 heterocycles. The van der Waals surface area contributed by atoms with Crippen molar-refractivity contribution in [3.05, 3.63) is 67.8 Å². The van der Waals surface area contributed by atoms with E-state index in [1.807, 2.05) is 0 Å². The number of aromatic nitrogens is 1. The Bertz CT molecular complexity index is 1140. The first-order valence-corrected chi connectivity index (χ1v) is 7.04. The Balaban J connectivity index is 2.35. The second-order valence-corrected chi connectivity index (χ2v) is 5.34. The van der Waals surface area contributed by atoms with Crippen LogP contribution in [0.1, 0.15) is 0 Å². The number of halogens is 1. The van der Waals surface area contributed by atoms with Crippen LogP contribution in [0.15, 0.2) is 51.7 Å². The molecule has 1 aliphatic heterocycles. The van der Waals surface area contributed by atoms with Gasteiger partial charge in [0.25, 0.3) is 5.69 Å². The zero-order valence-corrected chi connectivity index (χ0v) is 12.2. The molecule has 2 aliphatic rings. The van der Waals surface area contributed by atoms with Crippen LogP contribution in [0, 0.1) is 10.1 Å². The molecule has 4 rings (SSSR count). The number of hydrogen-bond acceptors (Lipinski definition) is 5. The van der Waals surface area contributed by atoms with E-state index in [0.717, 1.165) is 0 Å². The highest BCUT2D eigenvalue weighted by molar-refractivity contribution is 6.34. The minimum Gasteiger partial charge on any atom is -0.451 e. The third-order valence-corrected chi connectivity index (χ3v) is 3.99. The van der Waals surface area contributed by atoms with Crippen LogP contribution in [0.2, 0.25) is 5.02 Å². The van der Waals surface area contributed by atoms with E-state index in [2.05, 4.69) is 4.98 Å². The molecule has 0 saturated heterocycles. The lowest BCUT2D eigenvalue weighted by atomic mass is 10.0.